The van der Waals surface area contributed by atoms with Gasteiger partial charge in [0.1, 0.15) is 12.3 Å². The maximum Gasteiger partial charge on any atom is 0.332 e. The lowest BCUT2D eigenvalue weighted by molar-refractivity contribution is -0.124. The van der Waals surface area contributed by atoms with E-state index >= 15 is 0 Å². The third-order valence-electron chi connectivity index (χ3n) is 3.91. The number of imide groups is 1. The molecule has 1 aliphatic heterocycles. The molecular weight excluding hydrogens is 320 g/mol. The first-order chi connectivity index (χ1) is 12.1. The van der Waals surface area contributed by atoms with Crippen LogP contribution in [0.2, 0.25) is 0 Å². The van der Waals surface area contributed by atoms with Gasteiger partial charge in [-0.05, 0) is 43.3 Å². The molecule has 1 aliphatic rings. The highest BCUT2D eigenvalue weighted by Gasteiger charge is 2.37. The summed E-state index contributed by atoms with van der Waals surface area (Å²) >= 11 is 0. The molecule has 0 N–H and O–H groups in total. The summed E-state index contributed by atoms with van der Waals surface area (Å²) in [7, 11) is 0. The molecule has 0 saturated carbocycles. The Kier molecular flexibility index (Phi) is 4.79. The third-order valence-corrected chi connectivity index (χ3v) is 3.91. The van der Waals surface area contributed by atoms with E-state index in [0.717, 1.165) is 4.90 Å². The van der Waals surface area contributed by atoms with E-state index in [-0.39, 0.29) is 24.8 Å². The first-order valence-corrected chi connectivity index (χ1v) is 8.03. The molecule has 6 heteroatoms. The first-order valence-electron chi connectivity index (χ1n) is 8.03. The Morgan fingerprint density at radius 2 is 1.72 bits per heavy atom. The van der Waals surface area contributed by atoms with E-state index in [4.69, 9.17) is 4.74 Å². The largest absolute Gasteiger partial charge is 0.494 e. The van der Waals surface area contributed by atoms with Gasteiger partial charge in [-0.2, -0.15) is 0 Å². The van der Waals surface area contributed by atoms with Crippen molar-refractivity contribution in [2.45, 2.75) is 6.92 Å². The minimum absolute atomic E-state index is 0.0561. The predicted octanol–water partition coefficient (Wildman–Crippen LogP) is 2.74. The van der Waals surface area contributed by atoms with E-state index in [0.29, 0.717) is 23.6 Å². The molecule has 0 radical (unpaired) electrons. The quantitative estimate of drug-likeness (QED) is 0.600. The van der Waals surface area contributed by atoms with Crippen LogP contribution in [0.5, 0.6) is 5.75 Å². The van der Waals surface area contributed by atoms with Gasteiger partial charge in [0.15, 0.2) is 5.78 Å². The van der Waals surface area contributed by atoms with Crippen LogP contribution in [0.3, 0.4) is 0 Å². The Morgan fingerprint density at radius 3 is 2.36 bits per heavy atom. The van der Waals surface area contributed by atoms with Crippen LogP contribution in [0.4, 0.5) is 10.5 Å². The number of ketones is 1. The molecule has 1 fully saturated rings. The van der Waals surface area contributed by atoms with Crippen LogP contribution in [0.25, 0.3) is 0 Å². The Hall–Kier alpha value is -3.15. The summed E-state index contributed by atoms with van der Waals surface area (Å²) in [6.45, 7) is 2.09. The van der Waals surface area contributed by atoms with Gasteiger partial charge >= 0.3 is 6.03 Å². The number of benzene rings is 2. The highest BCUT2D eigenvalue weighted by atomic mass is 16.5. The van der Waals surface area contributed by atoms with E-state index in [9.17, 15) is 14.4 Å². The van der Waals surface area contributed by atoms with Crippen LogP contribution in [0, 0.1) is 0 Å². The van der Waals surface area contributed by atoms with E-state index in [1.165, 1.54) is 4.90 Å². The van der Waals surface area contributed by atoms with Crippen LogP contribution in [-0.4, -0.2) is 42.3 Å². The number of anilines is 1. The molecule has 128 valence electrons. The fourth-order valence-corrected chi connectivity index (χ4v) is 2.64. The number of carbonyl (C=O) groups excluding carboxylic acids is 3. The molecule has 0 bridgehead atoms. The van der Waals surface area contributed by atoms with Crippen molar-refractivity contribution < 1.29 is 19.1 Å². The van der Waals surface area contributed by atoms with E-state index in [1.807, 2.05) is 13.0 Å². The molecule has 2 aromatic rings. The maximum absolute atomic E-state index is 12.5. The number of rotatable bonds is 6. The third kappa shape index (κ3) is 3.52. The van der Waals surface area contributed by atoms with Crippen LogP contribution in [-0.2, 0) is 4.79 Å². The Balaban J connectivity index is 1.70. The zero-order chi connectivity index (χ0) is 17.8. The molecule has 6 nitrogen and oxygen atoms in total. The second kappa shape index (κ2) is 7.17. The number of carbonyl (C=O) groups is 3. The summed E-state index contributed by atoms with van der Waals surface area (Å²) in [5.41, 5.74) is 1.07. The summed E-state index contributed by atoms with van der Waals surface area (Å²) < 4.78 is 5.33. The lowest BCUT2D eigenvalue weighted by Crippen LogP contribution is -2.37. The number of hydrogen-bond donors (Lipinski definition) is 0. The Bertz CT molecular complexity index is 787. The molecule has 0 aromatic heterocycles. The van der Waals surface area contributed by atoms with Gasteiger partial charge in [-0.1, -0.05) is 18.2 Å². The molecule has 0 atom stereocenters. The SMILES string of the molecule is CCOc1ccc(C(=O)CN2C(=O)CN(c3ccccc3)C2=O)cc1. The predicted molar refractivity (Wildman–Crippen MR) is 92.8 cm³/mol. The number of Topliss-reactive ketones (excluding diaryl/α,β-unsaturated/α-hetero) is 1. The molecule has 3 amide bonds. The van der Waals surface area contributed by atoms with Crippen molar-refractivity contribution in [1.82, 2.24) is 4.90 Å². The second-order valence-corrected chi connectivity index (χ2v) is 5.56. The molecule has 0 aliphatic carbocycles. The summed E-state index contributed by atoms with van der Waals surface area (Å²) in [5, 5.41) is 0. The topological polar surface area (TPSA) is 66.9 Å². The molecule has 2 aromatic carbocycles. The lowest BCUT2D eigenvalue weighted by atomic mass is 10.1. The van der Waals surface area contributed by atoms with Gasteiger partial charge in [-0.3, -0.25) is 19.4 Å². The van der Waals surface area contributed by atoms with Crippen LogP contribution >= 0.6 is 0 Å². The molecule has 0 spiro atoms. The highest BCUT2D eigenvalue weighted by Crippen LogP contribution is 2.21. The monoisotopic (exact) mass is 338 g/mol. The van der Waals surface area contributed by atoms with E-state index in [2.05, 4.69) is 0 Å². The second-order valence-electron chi connectivity index (χ2n) is 5.56. The summed E-state index contributed by atoms with van der Waals surface area (Å²) in [5.74, 6) is -0.00423. The van der Waals surface area contributed by atoms with Gasteiger partial charge in [-0.15, -0.1) is 0 Å². The fourth-order valence-electron chi connectivity index (χ4n) is 2.64. The van der Waals surface area contributed by atoms with Crippen LogP contribution in [0.15, 0.2) is 54.6 Å². The molecule has 1 saturated heterocycles. The molecular formula is C19H18N2O4. The standard InChI is InChI=1S/C19H18N2O4/c1-2-25-16-10-8-14(9-11-16)17(22)12-21-18(23)13-20(19(21)24)15-6-4-3-5-7-15/h3-11H,2,12-13H2,1H3. The molecule has 25 heavy (non-hydrogen) atoms. The minimum atomic E-state index is -0.476. The average Bonchev–Trinajstić information content (AvgIpc) is 2.91. The van der Waals surface area contributed by atoms with Crippen LogP contribution < -0.4 is 9.64 Å². The summed E-state index contributed by atoms with van der Waals surface area (Å²) in [6, 6.07) is 15.1. The van der Waals surface area contributed by atoms with Gasteiger partial charge in [0, 0.05) is 11.3 Å². The van der Waals surface area contributed by atoms with Crippen molar-refractivity contribution in [3.8, 4) is 5.75 Å². The number of nitrogens with zero attached hydrogens (tertiary/aromatic N) is 2. The van der Waals surface area contributed by atoms with E-state index in [1.54, 1.807) is 48.5 Å². The Labute approximate surface area is 145 Å². The Morgan fingerprint density at radius 1 is 1.04 bits per heavy atom. The molecule has 0 unspecified atom stereocenters. The number of para-hydroxylation sites is 1. The van der Waals surface area contributed by atoms with E-state index < -0.39 is 6.03 Å². The highest BCUT2D eigenvalue weighted by molar-refractivity contribution is 6.15. The van der Waals surface area contributed by atoms with Gasteiger partial charge in [0.05, 0.1) is 13.2 Å². The van der Waals surface area contributed by atoms with Gasteiger partial charge in [0.2, 0.25) is 0 Å². The van der Waals surface area contributed by atoms with Crippen molar-refractivity contribution in [1.29, 1.82) is 0 Å². The first kappa shape index (κ1) is 16.7. The smallest absolute Gasteiger partial charge is 0.332 e. The number of amides is 3. The molecule has 3 rings (SSSR count). The van der Waals surface area contributed by atoms with Gasteiger partial charge in [-0.25, -0.2) is 4.79 Å². The maximum atomic E-state index is 12.5. The zero-order valence-electron chi connectivity index (χ0n) is 13.8. The minimum Gasteiger partial charge on any atom is -0.494 e. The number of hydrogen-bond acceptors (Lipinski definition) is 4. The normalized spacial score (nSPS) is 14.1. The van der Waals surface area contributed by atoms with Crippen molar-refractivity contribution in [3.05, 3.63) is 60.2 Å². The van der Waals surface area contributed by atoms with Crippen molar-refractivity contribution >= 4 is 23.4 Å². The summed E-state index contributed by atoms with van der Waals surface area (Å²) in [4.78, 5) is 39.4. The van der Waals surface area contributed by atoms with Crippen molar-refractivity contribution in [2.24, 2.45) is 0 Å². The zero-order valence-corrected chi connectivity index (χ0v) is 13.8. The average molecular weight is 338 g/mol. The lowest BCUT2D eigenvalue weighted by Gasteiger charge is -2.16. The molecule has 1 heterocycles. The van der Waals surface area contributed by atoms with Gasteiger partial charge < -0.3 is 4.74 Å². The number of urea groups is 1. The fraction of sp³-hybridized carbons (Fsp3) is 0.211. The van der Waals surface area contributed by atoms with Crippen LogP contribution in [0.1, 0.15) is 17.3 Å². The van der Waals surface area contributed by atoms with Crippen molar-refractivity contribution in [2.75, 3.05) is 24.6 Å². The van der Waals surface area contributed by atoms with Crippen molar-refractivity contribution in [3.63, 3.8) is 0 Å². The summed E-state index contributed by atoms with van der Waals surface area (Å²) in [6.07, 6.45) is 0. The number of ether oxygens (including phenoxy) is 1. The van der Waals surface area contributed by atoms with Gasteiger partial charge in [0.25, 0.3) is 5.91 Å².